The van der Waals surface area contributed by atoms with E-state index in [0.717, 1.165) is 35.2 Å². The average molecular weight is 308 g/mol. The molecule has 5 heteroatoms. The van der Waals surface area contributed by atoms with Gasteiger partial charge in [-0.15, -0.1) is 0 Å². The summed E-state index contributed by atoms with van der Waals surface area (Å²) in [5.74, 6) is 0.922. The van der Waals surface area contributed by atoms with E-state index >= 15 is 0 Å². The standard InChI is InChI=1S/C16H22ClN3O/c1-4-18-11-14-7-5-6-8-15(14)21-10-9-20-13(3)16(17)12(2)19-20/h5-8,18H,4,9-11H2,1-3H3. The van der Waals surface area contributed by atoms with Gasteiger partial charge in [-0.2, -0.15) is 5.10 Å². The minimum atomic E-state index is 0.571. The van der Waals surface area contributed by atoms with Crippen molar-refractivity contribution in [3.8, 4) is 5.75 Å². The molecule has 2 rings (SSSR count). The zero-order valence-corrected chi connectivity index (χ0v) is 13.6. The number of nitrogens with zero attached hydrogens (tertiary/aromatic N) is 2. The van der Waals surface area contributed by atoms with Gasteiger partial charge in [0.15, 0.2) is 0 Å². The highest BCUT2D eigenvalue weighted by molar-refractivity contribution is 6.31. The summed E-state index contributed by atoms with van der Waals surface area (Å²) in [7, 11) is 0. The molecule has 0 saturated heterocycles. The predicted molar refractivity (Wildman–Crippen MR) is 86.0 cm³/mol. The Balaban J connectivity index is 1.95. The van der Waals surface area contributed by atoms with Crippen molar-refractivity contribution in [2.75, 3.05) is 13.2 Å². The van der Waals surface area contributed by atoms with E-state index in [9.17, 15) is 0 Å². The van der Waals surface area contributed by atoms with Crippen LogP contribution in [0.15, 0.2) is 24.3 Å². The number of aryl methyl sites for hydroxylation is 1. The Hall–Kier alpha value is -1.52. The predicted octanol–water partition coefficient (Wildman–Crippen LogP) is 3.34. The molecule has 0 amide bonds. The number of benzene rings is 1. The van der Waals surface area contributed by atoms with Crippen molar-refractivity contribution in [1.29, 1.82) is 0 Å². The van der Waals surface area contributed by atoms with Gasteiger partial charge in [0.2, 0.25) is 0 Å². The van der Waals surface area contributed by atoms with Crippen molar-refractivity contribution in [2.24, 2.45) is 0 Å². The first kappa shape index (κ1) is 15.9. The van der Waals surface area contributed by atoms with Crippen LogP contribution in [0.3, 0.4) is 0 Å². The molecule has 114 valence electrons. The topological polar surface area (TPSA) is 39.1 Å². The van der Waals surface area contributed by atoms with Gasteiger partial charge in [0.1, 0.15) is 12.4 Å². The highest BCUT2D eigenvalue weighted by atomic mass is 35.5. The van der Waals surface area contributed by atoms with Gasteiger partial charge in [0.05, 0.1) is 23.0 Å². The lowest BCUT2D eigenvalue weighted by atomic mass is 10.2. The van der Waals surface area contributed by atoms with Crippen molar-refractivity contribution in [1.82, 2.24) is 15.1 Å². The number of nitrogens with one attached hydrogen (secondary N) is 1. The average Bonchev–Trinajstić information content (AvgIpc) is 2.74. The molecule has 2 aromatic rings. The van der Waals surface area contributed by atoms with Crippen molar-refractivity contribution < 1.29 is 4.74 Å². The third-order valence-electron chi connectivity index (χ3n) is 3.39. The number of hydrogen-bond acceptors (Lipinski definition) is 3. The van der Waals surface area contributed by atoms with Crippen LogP contribution in [0, 0.1) is 13.8 Å². The first-order valence-electron chi connectivity index (χ1n) is 7.24. The molecule has 21 heavy (non-hydrogen) atoms. The first-order chi connectivity index (χ1) is 10.1. The minimum Gasteiger partial charge on any atom is -0.491 e. The normalized spacial score (nSPS) is 10.9. The van der Waals surface area contributed by atoms with E-state index in [-0.39, 0.29) is 0 Å². The third-order valence-corrected chi connectivity index (χ3v) is 3.94. The molecule has 0 radical (unpaired) electrons. The fourth-order valence-electron chi connectivity index (χ4n) is 2.19. The van der Waals surface area contributed by atoms with Crippen molar-refractivity contribution in [2.45, 2.75) is 33.9 Å². The van der Waals surface area contributed by atoms with E-state index in [1.807, 2.05) is 36.7 Å². The second-order valence-corrected chi connectivity index (χ2v) is 5.32. The van der Waals surface area contributed by atoms with Crippen LogP contribution < -0.4 is 10.1 Å². The van der Waals surface area contributed by atoms with Gasteiger partial charge in [0.25, 0.3) is 0 Å². The van der Waals surface area contributed by atoms with Gasteiger partial charge in [-0.3, -0.25) is 4.68 Å². The van der Waals surface area contributed by atoms with Crippen LogP contribution >= 0.6 is 11.6 Å². The maximum atomic E-state index is 6.14. The molecule has 0 fully saturated rings. The molecule has 1 aromatic heterocycles. The number of rotatable bonds is 7. The highest BCUT2D eigenvalue weighted by Gasteiger charge is 2.09. The molecular formula is C16H22ClN3O. The lowest BCUT2D eigenvalue weighted by Crippen LogP contribution is -2.15. The summed E-state index contributed by atoms with van der Waals surface area (Å²) < 4.78 is 7.79. The van der Waals surface area contributed by atoms with E-state index in [4.69, 9.17) is 16.3 Å². The summed E-state index contributed by atoms with van der Waals surface area (Å²) in [4.78, 5) is 0. The van der Waals surface area contributed by atoms with Crippen LogP contribution in [-0.4, -0.2) is 22.9 Å². The minimum absolute atomic E-state index is 0.571. The molecule has 0 aliphatic heterocycles. The van der Waals surface area contributed by atoms with E-state index in [0.29, 0.717) is 13.2 Å². The van der Waals surface area contributed by atoms with E-state index in [2.05, 4.69) is 23.4 Å². The number of hydrogen-bond donors (Lipinski definition) is 1. The third kappa shape index (κ3) is 3.99. The Bertz CT molecular complexity index is 595. The molecule has 4 nitrogen and oxygen atoms in total. The fraction of sp³-hybridized carbons (Fsp3) is 0.438. The molecule has 0 aliphatic carbocycles. The maximum Gasteiger partial charge on any atom is 0.123 e. The number of halogens is 1. The Labute approximate surface area is 131 Å². The summed E-state index contributed by atoms with van der Waals surface area (Å²) in [6, 6.07) is 8.10. The second kappa shape index (κ2) is 7.48. The zero-order chi connectivity index (χ0) is 15.2. The maximum absolute atomic E-state index is 6.14. The van der Waals surface area contributed by atoms with Crippen LogP contribution in [0.5, 0.6) is 5.75 Å². The Morgan fingerprint density at radius 2 is 2.05 bits per heavy atom. The van der Waals surface area contributed by atoms with Crippen molar-refractivity contribution >= 4 is 11.6 Å². The summed E-state index contributed by atoms with van der Waals surface area (Å²) >= 11 is 6.14. The summed E-state index contributed by atoms with van der Waals surface area (Å²) in [6.45, 7) is 9.00. The van der Waals surface area contributed by atoms with Crippen LogP contribution in [-0.2, 0) is 13.1 Å². The molecule has 0 spiro atoms. The highest BCUT2D eigenvalue weighted by Crippen LogP contribution is 2.20. The Morgan fingerprint density at radius 3 is 2.71 bits per heavy atom. The van der Waals surface area contributed by atoms with Gasteiger partial charge in [-0.1, -0.05) is 36.7 Å². The second-order valence-electron chi connectivity index (χ2n) is 4.94. The van der Waals surface area contributed by atoms with Gasteiger partial charge in [-0.25, -0.2) is 0 Å². The van der Waals surface area contributed by atoms with Crippen molar-refractivity contribution in [3.63, 3.8) is 0 Å². The van der Waals surface area contributed by atoms with E-state index < -0.39 is 0 Å². The number of ether oxygens (including phenoxy) is 1. The number of aromatic nitrogens is 2. The van der Waals surface area contributed by atoms with Crippen LogP contribution in [0.2, 0.25) is 5.02 Å². The fourth-order valence-corrected chi connectivity index (χ4v) is 2.32. The van der Waals surface area contributed by atoms with Crippen molar-refractivity contribution in [3.05, 3.63) is 46.2 Å². The van der Waals surface area contributed by atoms with Gasteiger partial charge >= 0.3 is 0 Å². The molecule has 0 aliphatic rings. The van der Waals surface area contributed by atoms with E-state index in [1.54, 1.807) is 0 Å². The molecular weight excluding hydrogens is 286 g/mol. The largest absolute Gasteiger partial charge is 0.491 e. The first-order valence-corrected chi connectivity index (χ1v) is 7.62. The summed E-state index contributed by atoms with van der Waals surface area (Å²) in [5, 5.41) is 8.46. The summed E-state index contributed by atoms with van der Waals surface area (Å²) in [5.41, 5.74) is 3.02. The molecule has 1 heterocycles. The van der Waals surface area contributed by atoms with E-state index in [1.165, 1.54) is 5.56 Å². The smallest absolute Gasteiger partial charge is 0.123 e. The van der Waals surface area contributed by atoms with Gasteiger partial charge in [-0.05, 0) is 26.5 Å². The Morgan fingerprint density at radius 1 is 1.29 bits per heavy atom. The SMILES string of the molecule is CCNCc1ccccc1OCCn1nc(C)c(Cl)c1C. The van der Waals surface area contributed by atoms with Gasteiger partial charge in [0, 0.05) is 12.1 Å². The van der Waals surface area contributed by atoms with Crippen LogP contribution in [0.4, 0.5) is 0 Å². The molecule has 1 aromatic carbocycles. The molecule has 0 bridgehead atoms. The van der Waals surface area contributed by atoms with Gasteiger partial charge < -0.3 is 10.1 Å². The lowest BCUT2D eigenvalue weighted by molar-refractivity contribution is 0.286. The lowest BCUT2D eigenvalue weighted by Gasteiger charge is -2.12. The molecule has 0 saturated carbocycles. The van der Waals surface area contributed by atoms with Crippen LogP contribution in [0.25, 0.3) is 0 Å². The molecule has 0 unspecified atom stereocenters. The number of para-hydroxylation sites is 1. The zero-order valence-electron chi connectivity index (χ0n) is 12.8. The Kier molecular flexibility index (Phi) is 5.65. The molecule has 0 atom stereocenters. The monoisotopic (exact) mass is 307 g/mol. The summed E-state index contributed by atoms with van der Waals surface area (Å²) in [6.07, 6.45) is 0. The van der Waals surface area contributed by atoms with Crippen LogP contribution in [0.1, 0.15) is 23.9 Å². The quantitative estimate of drug-likeness (QED) is 0.852. The molecule has 1 N–H and O–H groups in total.